The number of amides is 2. The molecule has 0 aliphatic heterocycles. The Morgan fingerprint density at radius 1 is 1.25 bits per heavy atom. The van der Waals surface area contributed by atoms with Gasteiger partial charge in [0, 0.05) is 11.1 Å². The van der Waals surface area contributed by atoms with Gasteiger partial charge >= 0.3 is 6.18 Å². The Balaban J connectivity index is 2.82. The lowest BCUT2D eigenvalue weighted by Gasteiger charge is -2.27. The topological polar surface area (TPSA) is 102 Å². The number of carbonyl (C=O) groups excluding carboxylic acids is 2. The van der Waals surface area contributed by atoms with E-state index < -0.39 is 30.1 Å². The van der Waals surface area contributed by atoms with E-state index in [2.05, 4.69) is 4.74 Å². The molecule has 1 atom stereocenters. The summed E-state index contributed by atoms with van der Waals surface area (Å²) in [5, 5.41) is 11.7. The standard InChI is InChI=1S/C15H17F3N2O4/c1-2-24-8-7-14(23,15(16,17)18)9-20-13(22)11-5-3-10(4-6-11)12(19)21/h3-8,23H,2,9H2,1H3,(H2,19,21)(H,20,22)/b8-7+. The first-order valence-electron chi connectivity index (χ1n) is 6.87. The third-order valence-electron chi connectivity index (χ3n) is 3.05. The summed E-state index contributed by atoms with van der Waals surface area (Å²) >= 11 is 0. The van der Waals surface area contributed by atoms with Crippen LogP contribution >= 0.6 is 0 Å². The van der Waals surface area contributed by atoms with Gasteiger partial charge in [0.1, 0.15) is 0 Å². The molecule has 1 rings (SSSR count). The molecule has 0 aromatic heterocycles. The van der Waals surface area contributed by atoms with Gasteiger partial charge in [0.25, 0.3) is 5.91 Å². The SMILES string of the molecule is CCO/C=C/C(O)(CNC(=O)c1ccc(C(N)=O)cc1)C(F)(F)F. The molecule has 0 heterocycles. The Morgan fingerprint density at radius 3 is 2.25 bits per heavy atom. The number of aliphatic hydroxyl groups is 1. The molecule has 9 heteroatoms. The molecule has 0 bridgehead atoms. The van der Waals surface area contributed by atoms with Gasteiger partial charge in [-0.3, -0.25) is 9.59 Å². The van der Waals surface area contributed by atoms with Crippen LogP contribution in [0.4, 0.5) is 13.2 Å². The maximum absolute atomic E-state index is 13.0. The van der Waals surface area contributed by atoms with Gasteiger partial charge in [-0.15, -0.1) is 0 Å². The number of rotatable bonds is 7. The van der Waals surface area contributed by atoms with E-state index in [0.29, 0.717) is 6.08 Å². The number of hydrogen-bond acceptors (Lipinski definition) is 4. The minimum Gasteiger partial charge on any atom is -0.502 e. The smallest absolute Gasteiger partial charge is 0.422 e. The molecule has 2 amide bonds. The van der Waals surface area contributed by atoms with E-state index in [0.717, 1.165) is 6.26 Å². The molecular weight excluding hydrogens is 329 g/mol. The number of ether oxygens (including phenoxy) is 1. The summed E-state index contributed by atoms with van der Waals surface area (Å²) in [6.45, 7) is 0.591. The average Bonchev–Trinajstić information content (AvgIpc) is 2.52. The van der Waals surface area contributed by atoms with Gasteiger partial charge in [-0.2, -0.15) is 13.2 Å². The highest BCUT2D eigenvalue weighted by Crippen LogP contribution is 2.31. The molecule has 0 aliphatic rings. The summed E-state index contributed by atoms with van der Waals surface area (Å²) in [6.07, 6.45) is -3.86. The van der Waals surface area contributed by atoms with Crippen molar-refractivity contribution in [3.05, 3.63) is 47.7 Å². The van der Waals surface area contributed by atoms with Crippen molar-refractivity contribution in [3.8, 4) is 0 Å². The zero-order valence-electron chi connectivity index (χ0n) is 12.8. The van der Waals surface area contributed by atoms with E-state index >= 15 is 0 Å². The number of halogens is 3. The number of nitrogens with two attached hydrogens (primary N) is 1. The molecule has 0 spiro atoms. The molecule has 1 unspecified atom stereocenters. The third kappa shape index (κ3) is 4.98. The van der Waals surface area contributed by atoms with Crippen molar-refractivity contribution >= 4 is 11.8 Å². The van der Waals surface area contributed by atoms with E-state index in [1.807, 2.05) is 5.32 Å². The predicted octanol–water partition coefficient (Wildman–Crippen LogP) is 1.36. The van der Waals surface area contributed by atoms with Crippen LogP contribution in [0.5, 0.6) is 0 Å². The van der Waals surface area contributed by atoms with E-state index in [9.17, 15) is 27.9 Å². The number of alkyl halides is 3. The van der Waals surface area contributed by atoms with Crippen molar-refractivity contribution in [2.45, 2.75) is 18.7 Å². The van der Waals surface area contributed by atoms with Crippen LogP contribution in [0.25, 0.3) is 0 Å². The van der Waals surface area contributed by atoms with Crippen molar-refractivity contribution in [2.75, 3.05) is 13.2 Å². The third-order valence-corrected chi connectivity index (χ3v) is 3.05. The summed E-state index contributed by atoms with van der Waals surface area (Å²) in [7, 11) is 0. The largest absolute Gasteiger partial charge is 0.502 e. The first-order chi connectivity index (χ1) is 11.1. The van der Waals surface area contributed by atoms with Crippen LogP contribution in [-0.2, 0) is 4.74 Å². The minimum atomic E-state index is -5.01. The fourth-order valence-corrected chi connectivity index (χ4v) is 1.61. The lowest BCUT2D eigenvalue weighted by Crippen LogP contribution is -2.52. The van der Waals surface area contributed by atoms with Crippen LogP contribution in [0.3, 0.4) is 0 Å². The first-order valence-corrected chi connectivity index (χ1v) is 6.87. The molecule has 0 saturated heterocycles. The van der Waals surface area contributed by atoms with Gasteiger partial charge in [0.05, 0.1) is 19.4 Å². The normalized spacial score (nSPS) is 14.2. The molecular formula is C15H17F3N2O4. The summed E-state index contributed by atoms with van der Waals surface area (Å²) < 4.78 is 43.6. The van der Waals surface area contributed by atoms with Crippen molar-refractivity contribution in [2.24, 2.45) is 5.73 Å². The van der Waals surface area contributed by atoms with Crippen LogP contribution in [0.1, 0.15) is 27.6 Å². The number of hydrogen-bond donors (Lipinski definition) is 3. The van der Waals surface area contributed by atoms with E-state index in [1.165, 1.54) is 24.3 Å². The predicted molar refractivity (Wildman–Crippen MR) is 79.1 cm³/mol. The Labute approximate surface area is 136 Å². The van der Waals surface area contributed by atoms with Crippen LogP contribution < -0.4 is 11.1 Å². The first kappa shape index (κ1) is 19.5. The molecule has 132 valence electrons. The highest BCUT2D eigenvalue weighted by molar-refractivity contribution is 5.97. The second-order valence-electron chi connectivity index (χ2n) is 4.80. The Kier molecular flexibility index (Phi) is 6.35. The second-order valence-corrected chi connectivity index (χ2v) is 4.80. The lowest BCUT2D eigenvalue weighted by atomic mass is 10.0. The van der Waals surface area contributed by atoms with E-state index in [1.54, 1.807) is 6.92 Å². The molecule has 24 heavy (non-hydrogen) atoms. The van der Waals surface area contributed by atoms with Gasteiger partial charge in [-0.05, 0) is 37.3 Å². The average molecular weight is 346 g/mol. The van der Waals surface area contributed by atoms with Crippen molar-refractivity contribution < 1.29 is 32.6 Å². The van der Waals surface area contributed by atoms with Crippen LogP contribution in [-0.4, -0.2) is 41.8 Å². The van der Waals surface area contributed by atoms with Gasteiger partial charge in [0.2, 0.25) is 5.91 Å². The summed E-state index contributed by atoms with van der Waals surface area (Å²) in [5.74, 6) is -1.55. The number of benzene rings is 1. The Morgan fingerprint density at radius 2 is 1.79 bits per heavy atom. The van der Waals surface area contributed by atoms with E-state index in [4.69, 9.17) is 5.73 Å². The zero-order chi connectivity index (χ0) is 18.4. The van der Waals surface area contributed by atoms with Gasteiger partial charge in [-0.1, -0.05) is 0 Å². The summed E-state index contributed by atoms with van der Waals surface area (Å²) in [5.41, 5.74) is 1.93. The number of carbonyl (C=O) groups is 2. The van der Waals surface area contributed by atoms with Crippen LogP contribution in [0.2, 0.25) is 0 Å². The number of nitrogens with one attached hydrogen (secondary N) is 1. The maximum Gasteiger partial charge on any atom is 0.422 e. The van der Waals surface area contributed by atoms with Crippen molar-refractivity contribution in [1.29, 1.82) is 0 Å². The monoisotopic (exact) mass is 346 g/mol. The fraction of sp³-hybridized carbons (Fsp3) is 0.333. The van der Waals surface area contributed by atoms with Crippen LogP contribution in [0.15, 0.2) is 36.6 Å². The Hall–Kier alpha value is -2.55. The van der Waals surface area contributed by atoms with Crippen molar-refractivity contribution in [1.82, 2.24) is 5.32 Å². The minimum absolute atomic E-state index is 0.0123. The molecule has 0 radical (unpaired) electrons. The second kappa shape index (κ2) is 7.82. The van der Waals surface area contributed by atoms with Gasteiger partial charge in [-0.25, -0.2) is 0 Å². The zero-order valence-corrected chi connectivity index (χ0v) is 12.8. The summed E-state index contributed by atoms with van der Waals surface area (Å²) in [6, 6.07) is 5.00. The molecule has 0 fully saturated rings. The molecule has 1 aromatic rings. The highest BCUT2D eigenvalue weighted by atomic mass is 19.4. The molecule has 0 saturated carbocycles. The van der Waals surface area contributed by atoms with Crippen molar-refractivity contribution in [3.63, 3.8) is 0 Å². The fourth-order valence-electron chi connectivity index (χ4n) is 1.61. The molecule has 6 nitrogen and oxygen atoms in total. The molecule has 0 aliphatic carbocycles. The Bertz CT molecular complexity index is 614. The quantitative estimate of drug-likeness (QED) is 0.649. The lowest BCUT2D eigenvalue weighted by molar-refractivity contribution is -0.237. The maximum atomic E-state index is 13.0. The van der Waals surface area contributed by atoms with Crippen LogP contribution in [0, 0.1) is 0 Å². The molecule has 4 N–H and O–H groups in total. The van der Waals surface area contributed by atoms with Gasteiger partial charge < -0.3 is 20.9 Å². The van der Waals surface area contributed by atoms with Gasteiger partial charge in [0.15, 0.2) is 5.60 Å². The van der Waals surface area contributed by atoms with E-state index in [-0.39, 0.29) is 17.7 Å². The molecule has 1 aromatic carbocycles. The highest BCUT2D eigenvalue weighted by Gasteiger charge is 2.52. The number of primary amides is 1. The summed E-state index contributed by atoms with van der Waals surface area (Å²) in [4.78, 5) is 22.8.